The Kier molecular flexibility index (Phi) is 8.90. The number of carbonyl (C=O) groups is 1. The van der Waals surface area contributed by atoms with E-state index in [0.29, 0.717) is 18.7 Å². The molecule has 1 aliphatic rings. The van der Waals surface area contributed by atoms with E-state index in [2.05, 4.69) is 4.90 Å². The minimum absolute atomic E-state index is 0.0995. The average molecular weight is 493 g/mol. The van der Waals surface area contributed by atoms with Crippen LogP contribution in [0.3, 0.4) is 0 Å². The lowest BCUT2D eigenvalue weighted by Crippen LogP contribution is -2.37. The van der Waals surface area contributed by atoms with E-state index in [0.717, 1.165) is 31.6 Å². The Balaban J connectivity index is 1.98. The molecule has 1 fully saturated rings. The Hall–Kier alpha value is -2.65. The fraction of sp³-hybridized carbons (Fsp3) is 0.480. The highest BCUT2D eigenvalue weighted by molar-refractivity contribution is 7.87. The molecule has 2 aromatic carbocycles. The predicted octanol–water partition coefficient (Wildman–Crippen LogP) is 4.22. The zero-order valence-electron chi connectivity index (χ0n) is 20.0. The monoisotopic (exact) mass is 492 g/mol. The number of rotatable bonds is 11. The fourth-order valence-corrected chi connectivity index (χ4v) is 4.54. The summed E-state index contributed by atoms with van der Waals surface area (Å²) >= 11 is 0. The third kappa shape index (κ3) is 6.70. The summed E-state index contributed by atoms with van der Waals surface area (Å²) in [5, 5.41) is 0. The summed E-state index contributed by atoms with van der Waals surface area (Å²) < 4.78 is 49.6. The predicted molar refractivity (Wildman–Crippen MR) is 130 cm³/mol. The number of carbonyl (C=O) groups excluding carboxylic acids is 1. The lowest BCUT2D eigenvalue weighted by atomic mass is 10.1. The summed E-state index contributed by atoms with van der Waals surface area (Å²) in [5.41, 5.74) is 1.61. The molecule has 0 aromatic heterocycles. The van der Waals surface area contributed by atoms with E-state index >= 15 is 0 Å². The zero-order chi connectivity index (χ0) is 24.7. The van der Waals surface area contributed by atoms with Gasteiger partial charge in [-0.2, -0.15) is 8.42 Å². The number of ether oxygens (including phenoxy) is 1. The first-order valence-corrected chi connectivity index (χ1v) is 13.3. The van der Waals surface area contributed by atoms with Gasteiger partial charge in [0.05, 0.1) is 11.9 Å². The van der Waals surface area contributed by atoms with E-state index in [-0.39, 0.29) is 35.6 Å². The van der Waals surface area contributed by atoms with Gasteiger partial charge in [-0.05, 0) is 57.9 Å². The minimum Gasteiger partial charge on any atom is -0.382 e. The van der Waals surface area contributed by atoms with Crippen LogP contribution in [0.1, 0.15) is 49.5 Å². The van der Waals surface area contributed by atoms with Gasteiger partial charge in [0.1, 0.15) is 11.6 Å². The molecule has 0 aliphatic carbocycles. The third-order valence-electron chi connectivity index (χ3n) is 5.92. The largest absolute Gasteiger partial charge is 0.382 e. The maximum absolute atomic E-state index is 13.8. The van der Waals surface area contributed by atoms with Gasteiger partial charge in [0.2, 0.25) is 0 Å². The van der Waals surface area contributed by atoms with Crippen LogP contribution in [-0.2, 0) is 21.4 Å². The number of nitrogens with zero attached hydrogens (tertiary/aromatic N) is 2. The Morgan fingerprint density at radius 3 is 2.53 bits per heavy atom. The molecule has 1 atom stereocenters. The van der Waals surface area contributed by atoms with E-state index in [1.807, 2.05) is 19.9 Å². The second kappa shape index (κ2) is 11.7. The molecule has 2 aromatic rings. The molecule has 0 bridgehead atoms. The van der Waals surface area contributed by atoms with Crippen LogP contribution in [0.25, 0.3) is 0 Å². The first-order chi connectivity index (χ1) is 16.3. The minimum atomic E-state index is -3.78. The molecule has 7 nitrogen and oxygen atoms in total. The first-order valence-electron chi connectivity index (χ1n) is 11.7. The maximum Gasteiger partial charge on any atom is 0.308 e. The average Bonchev–Trinajstić information content (AvgIpc) is 3.33. The number of hydrogen-bond donors (Lipinski definition) is 0. The summed E-state index contributed by atoms with van der Waals surface area (Å²) in [4.78, 5) is 17.0. The lowest BCUT2D eigenvalue weighted by molar-refractivity contribution is 0.0506. The molecule has 1 heterocycles. The highest BCUT2D eigenvalue weighted by atomic mass is 32.2. The van der Waals surface area contributed by atoms with Crippen LogP contribution in [-0.4, -0.2) is 57.3 Å². The van der Waals surface area contributed by atoms with E-state index < -0.39 is 15.9 Å². The quantitative estimate of drug-likeness (QED) is 0.437. The van der Waals surface area contributed by atoms with Crippen molar-refractivity contribution in [1.82, 2.24) is 4.90 Å². The van der Waals surface area contributed by atoms with Gasteiger partial charge in [0.15, 0.2) is 0 Å². The fourth-order valence-electron chi connectivity index (χ4n) is 4.00. The normalized spacial score (nSPS) is 15.8. The van der Waals surface area contributed by atoms with Crippen molar-refractivity contribution in [3.63, 3.8) is 0 Å². The van der Waals surface area contributed by atoms with Gasteiger partial charge in [0, 0.05) is 55.7 Å². The molecule has 186 valence electrons. The summed E-state index contributed by atoms with van der Waals surface area (Å²) in [6, 6.07) is 10.9. The molecule has 1 aliphatic heterocycles. The lowest BCUT2D eigenvalue weighted by Gasteiger charge is -2.27. The van der Waals surface area contributed by atoms with Crippen LogP contribution in [0, 0.1) is 5.82 Å². The summed E-state index contributed by atoms with van der Waals surface area (Å²) in [6.45, 7) is 8.09. The number of halogens is 1. The van der Waals surface area contributed by atoms with Crippen LogP contribution >= 0.6 is 0 Å². The molecule has 1 saturated heterocycles. The second-order valence-corrected chi connectivity index (χ2v) is 10.1. The topological polar surface area (TPSA) is 76.2 Å². The van der Waals surface area contributed by atoms with Crippen molar-refractivity contribution in [2.45, 2.75) is 46.3 Å². The Morgan fingerprint density at radius 1 is 1.15 bits per heavy atom. The molecule has 9 heteroatoms. The van der Waals surface area contributed by atoms with Gasteiger partial charge < -0.3 is 18.7 Å². The molecule has 0 radical (unpaired) electrons. The number of anilines is 1. The molecule has 34 heavy (non-hydrogen) atoms. The van der Waals surface area contributed by atoms with E-state index in [9.17, 15) is 17.6 Å². The first kappa shape index (κ1) is 26.0. The smallest absolute Gasteiger partial charge is 0.308 e. The van der Waals surface area contributed by atoms with Gasteiger partial charge >= 0.3 is 10.1 Å². The molecular weight excluding hydrogens is 459 g/mol. The maximum atomic E-state index is 13.8. The van der Waals surface area contributed by atoms with Crippen molar-refractivity contribution >= 4 is 21.7 Å². The van der Waals surface area contributed by atoms with Gasteiger partial charge in [-0.3, -0.25) is 4.79 Å². The SMILES string of the molecule is CCN(CC)c1ccc(CN(C[C@@H]2CCCO2)C(=O)c2cccc(F)c2)c(OS(=O)(=O)CC)c1. The number of benzene rings is 2. The van der Waals surface area contributed by atoms with Gasteiger partial charge in [0.25, 0.3) is 5.91 Å². The van der Waals surface area contributed by atoms with Crippen LogP contribution in [0.2, 0.25) is 0 Å². The van der Waals surface area contributed by atoms with Crippen molar-refractivity contribution in [3.05, 3.63) is 59.4 Å². The molecule has 0 spiro atoms. The van der Waals surface area contributed by atoms with Crippen molar-refractivity contribution in [2.24, 2.45) is 0 Å². The van der Waals surface area contributed by atoms with Gasteiger partial charge in [-0.15, -0.1) is 0 Å². The van der Waals surface area contributed by atoms with Crippen molar-refractivity contribution in [1.29, 1.82) is 0 Å². The number of hydrogen-bond acceptors (Lipinski definition) is 6. The van der Waals surface area contributed by atoms with Crippen LogP contribution in [0.4, 0.5) is 10.1 Å². The highest BCUT2D eigenvalue weighted by Crippen LogP contribution is 2.29. The summed E-state index contributed by atoms with van der Waals surface area (Å²) in [5.74, 6) is -0.837. The van der Waals surface area contributed by atoms with Gasteiger partial charge in [-0.1, -0.05) is 12.1 Å². The zero-order valence-corrected chi connectivity index (χ0v) is 20.8. The summed E-state index contributed by atoms with van der Waals surface area (Å²) in [6.07, 6.45) is 1.60. The number of amides is 1. The standard InChI is InChI=1S/C25H33FN2O5S/c1-4-27(5-2)22-13-12-20(24(16-22)33-34(30,31)6-3)17-28(18-23-11-8-14-32-23)25(29)19-9-7-10-21(26)15-19/h7,9-10,12-13,15-16,23H,4-6,8,11,14,17-18H2,1-3H3/t23-/m0/s1. The molecular formula is C25H33FN2O5S. The van der Waals surface area contributed by atoms with Crippen LogP contribution in [0.5, 0.6) is 5.75 Å². The Labute approximate surface area is 201 Å². The highest BCUT2D eigenvalue weighted by Gasteiger charge is 2.26. The van der Waals surface area contributed by atoms with E-state index in [1.54, 1.807) is 23.1 Å². The van der Waals surface area contributed by atoms with Crippen molar-refractivity contribution in [2.75, 3.05) is 36.9 Å². The molecule has 1 amide bonds. The third-order valence-corrected chi connectivity index (χ3v) is 7.06. The second-order valence-electron chi connectivity index (χ2n) is 8.23. The van der Waals surface area contributed by atoms with Crippen molar-refractivity contribution in [3.8, 4) is 5.75 Å². The van der Waals surface area contributed by atoms with Crippen LogP contribution < -0.4 is 9.08 Å². The van der Waals surface area contributed by atoms with Gasteiger partial charge in [-0.25, -0.2) is 4.39 Å². The van der Waals surface area contributed by atoms with E-state index in [4.69, 9.17) is 8.92 Å². The van der Waals surface area contributed by atoms with E-state index in [1.165, 1.54) is 25.1 Å². The molecule has 3 rings (SSSR count). The Bertz CT molecular complexity index is 1080. The Morgan fingerprint density at radius 2 is 1.91 bits per heavy atom. The summed E-state index contributed by atoms with van der Waals surface area (Å²) in [7, 11) is -3.78. The molecule has 0 N–H and O–H groups in total. The molecule has 0 saturated carbocycles. The molecule has 0 unspecified atom stereocenters. The van der Waals surface area contributed by atoms with Crippen LogP contribution in [0.15, 0.2) is 42.5 Å². The van der Waals surface area contributed by atoms with Crippen molar-refractivity contribution < 1.29 is 26.5 Å².